The molecule has 0 atom stereocenters. The van der Waals surface area contributed by atoms with Gasteiger partial charge in [-0.15, -0.1) is 0 Å². The van der Waals surface area contributed by atoms with Crippen molar-refractivity contribution in [1.29, 1.82) is 0 Å². The molecule has 2 aromatic carbocycles. The fourth-order valence-corrected chi connectivity index (χ4v) is 3.54. The van der Waals surface area contributed by atoms with Crippen molar-refractivity contribution in [2.45, 2.75) is 33.2 Å². The molecule has 0 spiro atoms. The van der Waals surface area contributed by atoms with E-state index >= 15 is 0 Å². The van der Waals surface area contributed by atoms with Crippen LogP contribution >= 0.6 is 0 Å². The lowest BCUT2D eigenvalue weighted by atomic mass is 10.0. The Labute approximate surface area is 142 Å². The van der Waals surface area contributed by atoms with Gasteiger partial charge in [-0.1, -0.05) is 42.0 Å². The number of fused-ring (bicyclic) bond motifs is 3. The third-order valence-corrected chi connectivity index (χ3v) is 4.96. The Morgan fingerprint density at radius 2 is 1.83 bits per heavy atom. The highest BCUT2D eigenvalue weighted by Gasteiger charge is 2.23. The van der Waals surface area contributed by atoms with Crippen molar-refractivity contribution in [3.05, 3.63) is 70.4 Å². The fraction of sp³-hybridized carbons (Fsp3) is 0.286. The number of aryl methyl sites for hydroxylation is 2. The van der Waals surface area contributed by atoms with Crippen LogP contribution in [0.15, 0.2) is 42.5 Å². The predicted octanol–water partition coefficient (Wildman–Crippen LogP) is 3.91. The number of H-pyrrole nitrogens is 1. The van der Waals surface area contributed by atoms with Crippen LogP contribution in [0.2, 0.25) is 0 Å². The summed E-state index contributed by atoms with van der Waals surface area (Å²) in [6.45, 7) is 5.68. The molecule has 4 rings (SSSR count). The van der Waals surface area contributed by atoms with Crippen molar-refractivity contribution in [3.8, 4) is 0 Å². The van der Waals surface area contributed by atoms with Crippen LogP contribution in [-0.4, -0.2) is 22.3 Å². The number of benzene rings is 2. The van der Waals surface area contributed by atoms with Gasteiger partial charge in [0.25, 0.3) is 0 Å². The SMILES string of the molecule is Cc1ccc(CC(=O)N2CCc3[nH]c4cc(C)ccc4c3C2)cc1. The number of carbonyl (C=O) groups is 1. The summed E-state index contributed by atoms with van der Waals surface area (Å²) in [6.07, 6.45) is 1.39. The summed E-state index contributed by atoms with van der Waals surface area (Å²) in [5, 5.41) is 1.25. The summed E-state index contributed by atoms with van der Waals surface area (Å²) >= 11 is 0. The van der Waals surface area contributed by atoms with Gasteiger partial charge in [-0.2, -0.15) is 0 Å². The van der Waals surface area contributed by atoms with Crippen molar-refractivity contribution in [3.63, 3.8) is 0 Å². The van der Waals surface area contributed by atoms with E-state index in [1.165, 1.54) is 33.3 Å². The first-order valence-electron chi connectivity index (χ1n) is 8.53. The number of hydrogen-bond acceptors (Lipinski definition) is 1. The van der Waals surface area contributed by atoms with Crippen LogP contribution in [-0.2, 0) is 24.2 Å². The number of hydrogen-bond donors (Lipinski definition) is 1. The Morgan fingerprint density at radius 1 is 1.08 bits per heavy atom. The molecule has 0 aliphatic carbocycles. The van der Waals surface area contributed by atoms with Crippen molar-refractivity contribution >= 4 is 16.8 Å². The molecule has 0 saturated heterocycles. The van der Waals surface area contributed by atoms with Gasteiger partial charge in [0.15, 0.2) is 0 Å². The van der Waals surface area contributed by atoms with E-state index in [9.17, 15) is 4.79 Å². The minimum Gasteiger partial charge on any atom is -0.358 e. The molecule has 1 N–H and O–H groups in total. The van der Waals surface area contributed by atoms with Gasteiger partial charge in [0.1, 0.15) is 0 Å². The highest BCUT2D eigenvalue weighted by molar-refractivity contribution is 5.87. The zero-order valence-corrected chi connectivity index (χ0v) is 14.2. The van der Waals surface area contributed by atoms with E-state index in [1.54, 1.807) is 0 Å². The fourth-order valence-electron chi connectivity index (χ4n) is 3.54. The number of nitrogens with one attached hydrogen (secondary N) is 1. The van der Waals surface area contributed by atoms with Crippen LogP contribution in [0.1, 0.15) is 27.9 Å². The number of carbonyl (C=O) groups excluding carboxylic acids is 1. The molecule has 1 aliphatic heterocycles. The largest absolute Gasteiger partial charge is 0.358 e. The van der Waals surface area contributed by atoms with Crippen molar-refractivity contribution in [2.24, 2.45) is 0 Å². The molecule has 1 aliphatic rings. The lowest BCUT2D eigenvalue weighted by Crippen LogP contribution is -2.36. The number of aromatic nitrogens is 1. The molecule has 24 heavy (non-hydrogen) atoms. The molecule has 2 heterocycles. The molecular weight excluding hydrogens is 296 g/mol. The summed E-state index contributed by atoms with van der Waals surface area (Å²) in [6, 6.07) is 14.7. The topological polar surface area (TPSA) is 36.1 Å². The molecule has 1 amide bonds. The van der Waals surface area contributed by atoms with Crippen LogP contribution in [0, 0.1) is 13.8 Å². The molecule has 0 fully saturated rings. The number of amides is 1. The van der Waals surface area contributed by atoms with E-state index in [-0.39, 0.29) is 5.91 Å². The van der Waals surface area contributed by atoms with Crippen LogP contribution in [0.25, 0.3) is 10.9 Å². The summed E-state index contributed by atoms with van der Waals surface area (Å²) in [5.41, 5.74) is 7.33. The normalized spacial score (nSPS) is 14.0. The smallest absolute Gasteiger partial charge is 0.227 e. The standard InChI is InChI=1S/C21H22N2O/c1-14-3-6-16(7-4-14)12-21(24)23-10-9-19-18(13-23)17-8-5-15(2)11-20(17)22-19/h3-8,11,22H,9-10,12-13H2,1-2H3. The zero-order valence-electron chi connectivity index (χ0n) is 14.2. The van der Waals surface area contributed by atoms with E-state index in [0.717, 1.165) is 18.5 Å². The van der Waals surface area contributed by atoms with Crippen molar-refractivity contribution in [1.82, 2.24) is 9.88 Å². The lowest BCUT2D eigenvalue weighted by Gasteiger charge is -2.27. The van der Waals surface area contributed by atoms with E-state index < -0.39 is 0 Å². The van der Waals surface area contributed by atoms with E-state index in [0.29, 0.717) is 13.0 Å². The molecule has 122 valence electrons. The van der Waals surface area contributed by atoms with Gasteiger partial charge in [0, 0.05) is 41.7 Å². The maximum atomic E-state index is 12.7. The maximum Gasteiger partial charge on any atom is 0.227 e. The number of aromatic amines is 1. The van der Waals surface area contributed by atoms with Crippen molar-refractivity contribution < 1.29 is 4.79 Å². The second-order valence-corrected chi connectivity index (χ2v) is 6.86. The first kappa shape index (κ1) is 15.0. The van der Waals surface area contributed by atoms with E-state index in [2.05, 4.69) is 61.3 Å². The molecular formula is C21H22N2O. The Morgan fingerprint density at radius 3 is 2.62 bits per heavy atom. The quantitative estimate of drug-likeness (QED) is 0.764. The van der Waals surface area contributed by atoms with Gasteiger partial charge >= 0.3 is 0 Å². The summed E-state index contributed by atoms with van der Waals surface area (Å²) in [4.78, 5) is 18.2. The first-order valence-corrected chi connectivity index (χ1v) is 8.53. The highest BCUT2D eigenvalue weighted by Crippen LogP contribution is 2.28. The molecule has 0 bridgehead atoms. The third-order valence-electron chi connectivity index (χ3n) is 4.96. The molecule has 0 radical (unpaired) electrons. The monoisotopic (exact) mass is 318 g/mol. The van der Waals surface area contributed by atoms with E-state index in [4.69, 9.17) is 0 Å². The second-order valence-electron chi connectivity index (χ2n) is 6.86. The zero-order chi connectivity index (χ0) is 16.7. The van der Waals surface area contributed by atoms with Gasteiger partial charge in [0.05, 0.1) is 6.42 Å². The Balaban J connectivity index is 1.56. The first-order chi connectivity index (χ1) is 11.6. The van der Waals surface area contributed by atoms with Gasteiger partial charge in [-0.3, -0.25) is 4.79 Å². The number of nitrogens with zero attached hydrogens (tertiary/aromatic N) is 1. The summed E-state index contributed by atoms with van der Waals surface area (Å²) in [5.74, 6) is 0.214. The average Bonchev–Trinajstić information content (AvgIpc) is 2.93. The van der Waals surface area contributed by atoms with E-state index in [1.807, 2.05) is 4.90 Å². The van der Waals surface area contributed by atoms with Crippen LogP contribution in [0.5, 0.6) is 0 Å². The van der Waals surface area contributed by atoms with Crippen LogP contribution in [0.3, 0.4) is 0 Å². The third kappa shape index (κ3) is 2.71. The molecule has 0 saturated carbocycles. The van der Waals surface area contributed by atoms with Gasteiger partial charge < -0.3 is 9.88 Å². The van der Waals surface area contributed by atoms with Crippen LogP contribution in [0.4, 0.5) is 0 Å². The maximum absolute atomic E-state index is 12.7. The van der Waals surface area contributed by atoms with Gasteiger partial charge in [-0.25, -0.2) is 0 Å². The molecule has 1 aromatic heterocycles. The highest BCUT2D eigenvalue weighted by atomic mass is 16.2. The Hall–Kier alpha value is -2.55. The van der Waals surface area contributed by atoms with Gasteiger partial charge in [-0.05, 0) is 31.0 Å². The summed E-state index contributed by atoms with van der Waals surface area (Å²) < 4.78 is 0. The molecule has 0 unspecified atom stereocenters. The minimum absolute atomic E-state index is 0.214. The molecule has 3 heteroatoms. The Bertz CT molecular complexity index is 905. The number of rotatable bonds is 2. The van der Waals surface area contributed by atoms with Crippen molar-refractivity contribution in [2.75, 3.05) is 6.54 Å². The predicted molar refractivity (Wildman–Crippen MR) is 97.0 cm³/mol. The van der Waals surface area contributed by atoms with Gasteiger partial charge in [0.2, 0.25) is 5.91 Å². The average molecular weight is 318 g/mol. The summed E-state index contributed by atoms with van der Waals surface area (Å²) in [7, 11) is 0. The molecule has 3 nitrogen and oxygen atoms in total. The van der Waals surface area contributed by atoms with Crippen LogP contribution < -0.4 is 0 Å². The minimum atomic E-state index is 0.214. The molecule has 3 aromatic rings. The second kappa shape index (κ2) is 5.82. The lowest BCUT2D eigenvalue weighted by molar-refractivity contribution is -0.131. The Kier molecular flexibility index (Phi) is 3.64.